The molecule has 0 bridgehead atoms. The Morgan fingerprint density at radius 2 is 2.44 bits per heavy atom. The summed E-state index contributed by atoms with van der Waals surface area (Å²) < 4.78 is 5.73. The first kappa shape index (κ1) is 13.4. The molecule has 0 spiro atoms. The van der Waals surface area contributed by atoms with Crippen molar-refractivity contribution < 1.29 is 4.74 Å². The number of likely N-dealkylation sites (N-methyl/N-ethyl adjacent to an activating group) is 1. The van der Waals surface area contributed by atoms with Gasteiger partial charge in [-0.2, -0.15) is 0 Å². The molecule has 1 unspecified atom stereocenters. The van der Waals surface area contributed by atoms with Crippen LogP contribution < -0.4 is 5.32 Å². The van der Waals surface area contributed by atoms with E-state index >= 15 is 0 Å². The molecule has 18 heavy (non-hydrogen) atoms. The lowest BCUT2D eigenvalue weighted by Crippen LogP contribution is -2.46. The number of hydrogen-bond donors (Lipinski definition) is 1. The molecule has 1 saturated heterocycles. The van der Waals surface area contributed by atoms with Gasteiger partial charge in [-0.05, 0) is 19.5 Å². The highest BCUT2D eigenvalue weighted by molar-refractivity contribution is 5.01. The van der Waals surface area contributed by atoms with Gasteiger partial charge >= 0.3 is 0 Å². The van der Waals surface area contributed by atoms with Crippen molar-refractivity contribution in [2.24, 2.45) is 0 Å². The van der Waals surface area contributed by atoms with Crippen LogP contribution in [0, 0.1) is 6.92 Å². The smallest absolute Gasteiger partial charge is 0.125 e. The SMILES string of the molecule is CCN1CCOC(CNCc2ccnc(C)n2)C1. The largest absolute Gasteiger partial charge is 0.374 e. The highest BCUT2D eigenvalue weighted by Gasteiger charge is 2.18. The minimum Gasteiger partial charge on any atom is -0.374 e. The van der Waals surface area contributed by atoms with Crippen molar-refractivity contribution in [1.82, 2.24) is 20.2 Å². The van der Waals surface area contributed by atoms with Crippen molar-refractivity contribution in [3.63, 3.8) is 0 Å². The second-order valence-electron chi connectivity index (χ2n) is 4.61. The van der Waals surface area contributed by atoms with Gasteiger partial charge in [0.05, 0.1) is 18.4 Å². The monoisotopic (exact) mass is 250 g/mol. The summed E-state index contributed by atoms with van der Waals surface area (Å²) >= 11 is 0. The van der Waals surface area contributed by atoms with Crippen molar-refractivity contribution in [2.45, 2.75) is 26.5 Å². The molecule has 100 valence electrons. The van der Waals surface area contributed by atoms with Gasteiger partial charge in [0.25, 0.3) is 0 Å². The molecule has 0 amide bonds. The number of aryl methyl sites for hydroxylation is 1. The van der Waals surface area contributed by atoms with E-state index in [2.05, 4.69) is 27.1 Å². The lowest BCUT2D eigenvalue weighted by molar-refractivity contribution is -0.0254. The summed E-state index contributed by atoms with van der Waals surface area (Å²) in [5.74, 6) is 0.820. The minimum atomic E-state index is 0.293. The summed E-state index contributed by atoms with van der Waals surface area (Å²) in [5, 5.41) is 3.40. The predicted molar refractivity (Wildman–Crippen MR) is 70.3 cm³/mol. The minimum absolute atomic E-state index is 0.293. The fourth-order valence-electron chi connectivity index (χ4n) is 2.16. The van der Waals surface area contributed by atoms with Crippen LogP contribution in [0.2, 0.25) is 0 Å². The van der Waals surface area contributed by atoms with E-state index in [1.807, 2.05) is 13.0 Å². The molecular formula is C13H22N4O. The molecular weight excluding hydrogens is 228 g/mol. The molecule has 1 fully saturated rings. The molecule has 0 aliphatic carbocycles. The molecule has 1 aromatic rings. The number of aromatic nitrogens is 2. The van der Waals surface area contributed by atoms with E-state index in [0.29, 0.717) is 6.10 Å². The second-order valence-corrected chi connectivity index (χ2v) is 4.61. The van der Waals surface area contributed by atoms with E-state index in [0.717, 1.165) is 50.8 Å². The summed E-state index contributed by atoms with van der Waals surface area (Å²) in [6, 6.07) is 1.94. The van der Waals surface area contributed by atoms with Gasteiger partial charge in [0, 0.05) is 32.4 Å². The fraction of sp³-hybridized carbons (Fsp3) is 0.692. The molecule has 2 heterocycles. The Bertz CT molecular complexity index is 372. The Morgan fingerprint density at radius 3 is 3.22 bits per heavy atom. The molecule has 0 aromatic carbocycles. The second kappa shape index (κ2) is 6.78. The number of ether oxygens (including phenoxy) is 1. The Hall–Kier alpha value is -1.04. The van der Waals surface area contributed by atoms with Gasteiger partial charge in [-0.15, -0.1) is 0 Å². The quantitative estimate of drug-likeness (QED) is 0.829. The zero-order chi connectivity index (χ0) is 12.8. The number of nitrogens with one attached hydrogen (secondary N) is 1. The van der Waals surface area contributed by atoms with Gasteiger partial charge in [0.2, 0.25) is 0 Å². The van der Waals surface area contributed by atoms with Gasteiger partial charge < -0.3 is 10.1 Å². The predicted octanol–water partition coefficient (Wildman–Crippen LogP) is 0.595. The Balaban J connectivity index is 1.72. The molecule has 5 nitrogen and oxygen atoms in total. The Morgan fingerprint density at radius 1 is 1.56 bits per heavy atom. The summed E-state index contributed by atoms with van der Waals surface area (Å²) in [6.07, 6.45) is 2.09. The number of hydrogen-bond acceptors (Lipinski definition) is 5. The maximum absolute atomic E-state index is 5.73. The van der Waals surface area contributed by atoms with Crippen LogP contribution in [0.1, 0.15) is 18.4 Å². The molecule has 5 heteroatoms. The zero-order valence-electron chi connectivity index (χ0n) is 11.2. The van der Waals surface area contributed by atoms with Crippen LogP contribution in [-0.2, 0) is 11.3 Å². The van der Waals surface area contributed by atoms with E-state index in [1.54, 1.807) is 6.20 Å². The van der Waals surface area contributed by atoms with Crippen molar-refractivity contribution in [3.05, 3.63) is 23.8 Å². The van der Waals surface area contributed by atoms with Crippen molar-refractivity contribution in [1.29, 1.82) is 0 Å². The Kier molecular flexibility index (Phi) is 5.04. The first-order chi connectivity index (χ1) is 8.78. The van der Waals surface area contributed by atoms with E-state index < -0.39 is 0 Å². The van der Waals surface area contributed by atoms with Crippen molar-refractivity contribution in [3.8, 4) is 0 Å². The lowest BCUT2D eigenvalue weighted by Gasteiger charge is -2.32. The van der Waals surface area contributed by atoms with Crippen LogP contribution in [-0.4, -0.2) is 53.8 Å². The highest BCUT2D eigenvalue weighted by Crippen LogP contribution is 2.04. The first-order valence-corrected chi connectivity index (χ1v) is 6.61. The zero-order valence-corrected chi connectivity index (χ0v) is 11.2. The molecule has 0 radical (unpaired) electrons. The van der Waals surface area contributed by atoms with Gasteiger partial charge in [-0.3, -0.25) is 4.90 Å². The molecule has 2 rings (SSSR count). The maximum Gasteiger partial charge on any atom is 0.125 e. The molecule has 1 aliphatic heterocycles. The third-order valence-corrected chi connectivity index (χ3v) is 3.18. The summed E-state index contributed by atoms with van der Waals surface area (Å²) in [6.45, 7) is 9.77. The van der Waals surface area contributed by atoms with Gasteiger partial charge in [-0.25, -0.2) is 9.97 Å². The highest BCUT2D eigenvalue weighted by atomic mass is 16.5. The van der Waals surface area contributed by atoms with E-state index in [4.69, 9.17) is 4.74 Å². The standard InChI is InChI=1S/C13H22N4O/c1-3-17-6-7-18-13(10-17)9-14-8-12-4-5-15-11(2)16-12/h4-5,13-14H,3,6-10H2,1-2H3. The fourth-order valence-corrected chi connectivity index (χ4v) is 2.16. The van der Waals surface area contributed by atoms with Crippen molar-refractivity contribution in [2.75, 3.05) is 32.8 Å². The van der Waals surface area contributed by atoms with Crippen LogP contribution >= 0.6 is 0 Å². The number of morpholine rings is 1. The van der Waals surface area contributed by atoms with Crippen molar-refractivity contribution >= 4 is 0 Å². The first-order valence-electron chi connectivity index (χ1n) is 6.61. The summed E-state index contributed by atoms with van der Waals surface area (Å²) in [4.78, 5) is 10.9. The van der Waals surface area contributed by atoms with Gasteiger partial charge in [-0.1, -0.05) is 6.92 Å². The van der Waals surface area contributed by atoms with Crippen LogP contribution in [0.3, 0.4) is 0 Å². The van der Waals surface area contributed by atoms with Crippen LogP contribution in [0.5, 0.6) is 0 Å². The van der Waals surface area contributed by atoms with Gasteiger partial charge in [0.1, 0.15) is 5.82 Å². The number of nitrogens with zero attached hydrogens (tertiary/aromatic N) is 3. The van der Waals surface area contributed by atoms with E-state index in [1.165, 1.54) is 0 Å². The third kappa shape index (κ3) is 4.01. The van der Waals surface area contributed by atoms with Crippen LogP contribution in [0.4, 0.5) is 0 Å². The molecule has 1 aliphatic rings. The maximum atomic E-state index is 5.73. The normalized spacial score (nSPS) is 21.1. The van der Waals surface area contributed by atoms with Gasteiger partial charge in [0.15, 0.2) is 0 Å². The summed E-state index contributed by atoms with van der Waals surface area (Å²) in [7, 11) is 0. The number of rotatable bonds is 5. The molecule has 1 atom stereocenters. The molecule has 0 saturated carbocycles. The van der Waals surface area contributed by atoms with Crippen LogP contribution in [0.15, 0.2) is 12.3 Å². The topological polar surface area (TPSA) is 50.3 Å². The Labute approximate surface area is 109 Å². The average Bonchev–Trinajstić information content (AvgIpc) is 2.39. The summed E-state index contributed by atoms with van der Waals surface area (Å²) in [5.41, 5.74) is 1.03. The molecule has 1 aromatic heterocycles. The van der Waals surface area contributed by atoms with E-state index in [9.17, 15) is 0 Å². The molecule has 1 N–H and O–H groups in total. The van der Waals surface area contributed by atoms with E-state index in [-0.39, 0.29) is 0 Å². The lowest BCUT2D eigenvalue weighted by atomic mass is 10.2. The van der Waals surface area contributed by atoms with Crippen LogP contribution in [0.25, 0.3) is 0 Å². The average molecular weight is 250 g/mol. The third-order valence-electron chi connectivity index (χ3n) is 3.18.